The molecular weight excluding hydrogens is 723 g/mol. The predicted octanol–water partition coefficient (Wildman–Crippen LogP) is 15.4. The molecule has 4 saturated carbocycles. The van der Waals surface area contributed by atoms with Crippen LogP contribution in [0.5, 0.6) is 0 Å². The Labute approximate surface area is 355 Å². The molecule has 0 unspecified atom stereocenters. The number of hydrogen-bond donors (Lipinski definition) is 0. The van der Waals surface area contributed by atoms with Crippen LogP contribution in [0.2, 0.25) is 0 Å². The van der Waals surface area contributed by atoms with Crippen molar-refractivity contribution in [2.75, 3.05) is 4.90 Å². The summed E-state index contributed by atoms with van der Waals surface area (Å²) in [7, 11) is 0. The van der Waals surface area contributed by atoms with E-state index in [0.717, 1.165) is 17.8 Å². The van der Waals surface area contributed by atoms with Crippen molar-refractivity contribution in [2.24, 2.45) is 17.8 Å². The highest BCUT2D eigenvalue weighted by Crippen LogP contribution is 2.63. The summed E-state index contributed by atoms with van der Waals surface area (Å²) in [6, 6.07) is 69.5. The molecule has 1 heteroatoms. The second-order valence-corrected chi connectivity index (χ2v) is 18.8. The summed E-state index contributed by atoms with van der Waals surface area (Å²) in [5, 5.41) is 2.52. The fourth-order valence-corrected chi connectivity index (χ4v) is 13.3. The Hall–Kier alpha value is -6.18. The highest BCUT2D eigenvalue weighted by Gasteiger charge is 2.53. The molecule has 0 aliphatic heterocycles. The van der Waals surface area contributed by atoms with Crippen LogP contribution in [-0.4, -0.2) is 0 Å². The van der Waals surface area contributed by atoms with Gasteiger partial charge in [-0.2, -0.15) is 0 Å². The van der Waals surface area contributed by atoms with Crippen LogP contribution in [0.4, 0.5) is 17.1 Å². The van der Waals surface area contributed by atoms with Crippen LogP contribution in [0.1, 0.15) is 77.5 Å². The lowest BCUT2D eigenvalue weighted by Gasteiger charge is -2.57. The molecule has 8 aromatic rings. The van der Waals surface area contributed by atoms with Crippen LogP contribution < -0.4 is 4.90 Å². The fraction of sp³-hybridized carbons (Fsp3) is 0.220. The molecule has 60 heavy (non-hydrogen) atoms. The molecule has 0 aromatic heterocycles. The van der Waals surface area contributed by atoms with Gasteiger partial charge in [0, 0.05) is 16.9 Å². The number of fused-ring (bicyclic) bond motifs is 4. The summed E-state index contributed by atoms with van der Waals surface area (Å²) in [5.41, 5.74) is 18.2. The van der Waals surface area contributed by atoms with Gasteiger partial charge in [-0.1, -0.05) is 152 Å². The Balaban J connectivity index is 1.18. The number of benzene rings is 8. The lowest BCUT2D eigenvalue weighted by Crippen LogP contribution is -2.48. The molecule has 0 N–H and O–H groups in total. The third-order valence-corrected chi connectivity index (χ3v) is 15.3. The molecule has 292 valence electrons. The van der Waals surface area contributed by atoms with E-state index in [1.165, 1.54) is 122 Å². The maximum Gasteiger partial charge on any atom is 0.0714 e. The van der Waals surface area contributed by atoms with Crippen LogP contribution in [0.25, 0.3) is 33.0 Å². The van der Waals surface area contributed by atoms with Gasteiger partial charge in [0.1, 0.15) is 0 Å². The van der Waals surface area contributed by atoms with Gasteiger partial charge < -0.3 is 4.90 Å². The van der Waals surface area contributed by atoms with Crippen LogP contribution in [0.3, 0.4) is 0 Å². The van der Waals surface area contributed by atoms with Gasteiger partial charge in [-0.15, -0.1) is 0 Å². The number of nitrogens with zero attached hydrogens (tertiary/aromatic N) is 1. The quantitative estimate of drug-likeness (QED) is 0.156. The molecule has 5 aliphatic rings. The maximum absolute atomic E-state index is 2.69. The number of para-hydroxylation sites is 1. The predicted molar refractivity (Wildman–Crippen MR) is 251 cm³/mol. The van der Waals surface area contributed by atoms with Crippen molar-refractivity contribution >= 4 is 27.8 Å². The molecule has 0 spiro atoms. The third-order valence-electron chi connectivity index (χ3n) is 15.3. The average molecular weight is 774 g/mol. The van der Waals surface area contributed by atoms with Crippen LogP contribution in [0.15, 0.2) is 182 Å². The number of hydrogen-bond acceptors (Lipinski definition) is 1. The summed E-state index contributed by atoms with van der Waals surface area (Å²) in [6.07, 6.45) is 8.24. The first-order valence-corrected chi connectivity index (χ1v) is 22.3. The largest absolute Gasteiger partial charge is 0.310 e. The topological polar surface area (TPSA) is 3.24 Å². The molecule has 0 radical (unpaired) electrons. The zero-order valence-corrected chi connectivity index (χ0v) is 34.7. The van der Waals surface area contributed by atoms with Crippen molar-refractivity contribution in [1.29, 1.82) is 0 Å². The van der Waals surface area contributed by atoms with Crippen LogP contribution in [0, 0.1) is 31.6 Å². The van der Waals surface area contributed by atoms with Crippen LogP contribution >= 0.6 is 0 Å². The van der Waals surface area contributed by atoms with Crippen LogP contribution in [-0.2, 0) is 10.8 Å². The van der Waals surface area contributed by atoms with Gasteiger partial charge in [-0.25, -0.2) is 0 Å². The van der Waals surface area contributed by atoms with Crippen molar-refractivity contribution in [3.8, 4) is 22.3 Å². The van der Waals surface area contributed by atoms with Gasteiger partial charge in [0.15, 0.2) is 0 Å². The van der Waals surface area contributed by atoms with E-state index in [1.54, 1.807) is 5.56 Å². The Kier molecular flexibility index (Phi) is 8.15. The summed E-state index contributed by atoms with van der Waals surface area (Å²) in [6.45, 7) is 4.56. The van der Waals surface area contributed by atoms with Crippen molar-refractivity contribution in [2.45, 2.75) is 63.2 Å². The molecule has 0 saturated heterocycles. The van der Waals surface area contributed by atoms with Gasteiger partial charge >= 0.3 is 0 Å². The summed E-state index contributed by atoms with van der Waals surface area (Å²) < 4.78 is 0. The molecular formula is C59H51N. The van der Waals surface area contributed by atoms with Gasteiger partial charge in [-0.05, 0) is 172 Å². The van der Waals surface area contributed by atoms with E-state index < -0.39 is 5.41 Å². The summed E-state index contributed by atoms with van der Waals surface area (Å²) in [5.74, 6) is 2.54. The van der Waals surface area contributed by atoms with E-state index in [-0.39, 0.29) is 5.41 Å². The van der Waals surface area contributed by atoms with Gasteiger partial charge in [0.25, 0.3) is 0 Å². The summed E-state index contributed by atoms with van der Waals surface area (Å²) in [4.78, 5) is 2.69. The first kappa shape index (κ1) is 35.7. The second-order valence-electron chi connectivity index (χ2n) is 18.8. The molecule has 5 aliphatic carbocycles. The minimum atomic E-state index is -0.497. The van der Waals surface area contributed by atoms with Crippen molar-refractivity contribution in [1.82, 2.24) is 0 Å². The molecule has 13 rings (SSSR count). The molecule has 0 heterocycles. The van der Waals surface area contributed by atoms with Gasteiger partial charge in [0.05, 0.1) is 11.1 Å². The van der Waals surface area contributed by atoms with E-state index in [0.29, 0.717) is 0 Å². The minimum absolute atomic E-state index is 0.200. The Morgan fingerprint density at radius 1 is 0.417 bits per heavy atom. The lowest BCUT2D eigenvalue weighted by atomic mass is 9.48. The first-order chi connectivity index (χ1) is 29.5. The highest BCUT2D eigenvalue weighted by molar-refractivity contribution is 6.00. The maximum atomic E-state index is 2.69. The zero-order chi connectivity index (χ0) is 40.0. The number of rotatable bonds is 7. The third kappa shape index (κ3) is 5.31. The Morgan fingerprint density at radius 2 is 0.983 bits per heavy atom. The second kappa shape index (κ2) is 13.7. The lowest BCUT2D eigenvalue weighted by molar-refractivity contribution is -0.00491. The van der Waals surface area contributed by atoms with Gasteiger partial charge in [0.2, 0.25) is 0 Å². The van der Waals surface area contributed by atoms with Crippen molar-refractivity contribution in [3.63, 3.8) is 0 Å². The normalized spacial score (nSPS) is 21.8. The highest BCUT2D eigenvalue weighted by atomic mass is 15.1. The van der Waals surface area contributed by atoms with Crippen molar-refractivity contribution < 1.29 is 0 Å². The summed E-state index contributed by atoms with van der Waals surface area (Å²) >= 11 is 0. The monoisotopic (exact) mass is 773 g/mol. The van der Waals surface area contributed by atoms with Crippen molar-refractivity contribution in [3.05, 3.63) is 221 Å². The molecule has 4 fully saturated rings. The average Bonchev–Trinajstić information content (AvgIpc) is 3.58. The van der Waals surface area contributed by atoms with Gasteiger partial charge in [-0.3, -0.25) is 0 Å². The fourth-order valence-electron chi connectivity index (χ4n) is 13.3. The molecule has 1 nitrogen and oxygen atoms in total. The zero-order valence-electron chi connectivity index (χ0n) is 34.7. The first-order valence-electron chi connectivity index (χ1n) is 22.3. The van der Waals surface area contributed by atoms with E-state index >= 15 is 0 Å². The SMILES string of the molecule is Cc1ccccc1-c1cc2ccccc2cc1N(c1ccc2c(c1)C(c1ccccc1)(c1ccccc1)c1cccc(C)c1-2)c1ccccc1C12CC3CC(CC(C3)C1)C2. The van der Waals surface area contributed by atoms with E-state index in [1.807, 2.05) is 0 Å². The Bertz CT molecular complexity index is 2860. The molecule has 0 atom stereocenters. The molecule has 4 bridgehead atoms. The standard InChI is InChI=1S/C59H51N/c1-39-16-9-12-24-49(39)51-33-44-18-10-11-19-45(44)34-56(51)60(55-27-14-13-25-52(55)58-36-41-30-42(37-58)32-43(31-41)38-58)48-28-29-50-54(35-48)59(46-20-5-3-6-21-46,47-22-7-4-8-23-47)53-26-15-17-40(2)57(50)53/h3-29,33-35,41-43H,30-32,36-38H2,1-2H3. The minimum Gasteiger partial charge on any atom is -0.310 e. The number of anilines is 3. The smallest absolute Gasteiger partial charge is 0.0714 e. The molecule has 8 aromatic carbocycles. The molecule has 0 amide bonds. The number of aryl methyl sites for hydroxylation is 2. The Morgan fingerprint density at radius 3 is 1.67 bits per heavy atom. The van der Waals surface area contributed by atoms with E-state index in [4.69, 9.17) is 0 Å². The van der Waals surface area contributed by atoms with E-state index in [9.17, 15) is 0 Å². The van der Waals surface area contributed by atoms with E-state index in [2.05, 4.69) is 201 Å².